The second-order valence-corrected chi connectivity index (χ2v) is 10.00. The number of carbonyl (C=O) groups excluding carboxylic acids is 1. The highest BCUT2D eigenvalue weighted by Crippen LogP contribution is 2.38. The lowest BCUT2D eigenvalue weighted by atomic mass is 10.0. The van der Waals surface area contributed by atoms with E-state index in [1.807, 2.05) is 17.5 Å². The van der Waals surface area contributed by atoms with E-state index in [0.717, 1.165) is 4.88 Å². The molecular weight excluding hydrogens is 488 g/mol. The Morgan fingerprint density at radius 2 is 1.83 bits per heavy atom. The predicted octanol–water partition coefficient (Wildman–Crippen LogP) is 3.27. The average Bonchev–Trinajstić information content (AvgIpc) is 3.45. The summed E-state index contributed by atoms with van der Waals surface area (Å²) in [7, 11) is 4.61. The van der Waals surface area contributed by atoms with Crippen LogP contribution in [0.15, 0.2) is 50.7 Å². The van der Waals surface area contributed by atoms with E-state index in [2.05, 4.69) is 4.99 Å². The number of nitrogens with zero attached hydrogens (tertiary/aromatic N) is 2. The van der Waals surface area contributed by atoms with E-state index >= 15 is 0 Å². The molecule has 0 saturated carbocycles. The Morgan fingerprint density at radius 1 is 1.14 bits per heavy atom. The van der Waals surface area contributed by atoms with Gasteiger partial charge in [-0.15, -0.1) is 11.3 Å². The number of allylic oxidation sites excluding steroid dienone is 1. The van der Waals surface area contributed by atoms with Crippen molar-refractivity contribution in [2.75, 3.05) is 21.3 Å². The van der Waals surface area contributed by atoms with Gasteiger partial charge in [-0.05, 0) is 56.0 Å². The lowest BCUT2D eigenvalue weighted by Crippen LogP contribution is -2.39. The first-order chi connectivity index (χ1) is 16.8. The quantitative estimate of drug-likeness (QED) is 0.450. The molecule has 3 heterocycles. The van der Waals surface area contributed by atoms with Crippen molar-refractivity contribution in [3.05, 3.63) is 71.0 Å². The van der Waals surface area contributed by atoms with Gasteiger partial charge in [-0.25, -0.2) is 9.79 Å². The number of fused-ring (bicyclic) bond motifs is 1. The SMILES string of the molecule is COc1cc(/C=c2\sc3n(c2=O)[C@@H](c2cccs2)C(C(=O)OC(C)C)=C(C)N=3)cc(OC)c1OC. The first kappa shape index (κ1) is 24.7. The van der Waals surface area contributed by atoms with E-state index in [0.29, 0.717) is 43.4 Å². The number of rotatable bonds is 7. The summed E-state index contributed by atoms with van der Waals surface area (Å²) in [4.78, 5) is 32.7. The number of carbonyl (C=O) groups is 1. The van der Waals surface area contributed by atoms with Crippen LogP contribution in [-0.2, 0) is 9.53 Å². The van der Waals surface area contributed by atoms with Crippen molar-refractivity contribution in [1.29, 1.82) is 0 Å². The number of thiazole rings is 1. The third-order valence-corrected chi connectivity index (χ3v) is 7.29. The van der Waals surface area contributed by atoms with Crippen LogP contribution in [-0.4, -0.2) is 38.0 Å². The molecule has 8 nitrogen and oxygen atoms in total. The third-order valence-electron chi connectivity index (χ3n) is 5.38. The Morgan fingerprint density at radius 3 is 2.37 bits per heavy atom. The molecule has 0 bridgehead atoms. The van der Waals surface area contributed by atoms with Crippen LogP contribution < -0.4 is 29.1 Å². The number of esters is 1. The molecule has 2 aromatic heterocycles. The Kier molecular flexibility index (Phi) is 7.13. The fourth-order valence-corrected chi connectivity index (χ4v) is 5.78. The largest absolute Gasteiger partial charge is 0.493 e. The van der Waals surface area contributed by atoms with Gasteiger partial charge in [0.15, 0.2) is 16.3 Å². The van der Waals surface area contributed by atoms with Gasteiger partial charge >= 0.3 is 5.97 Å². The summed E-state index contributed by atoms with van der Waals surface area (Å²) >= 11 is 2.73. The van der Waals surface area contributed by atoms with E-state index in [-0.39, 0.29) is 11.7 Å². The van der Waals surface area contributed by atoms with Crippen LogP contribution in [0, 0.1) is 0 Å². The molecule has 0 unspecified atom stereocenters. The molecule has 3 aromatic rings. The number of methoxy groups -OCH3 is 3. The van der Waals surface area contributed by atoms with Gasteiger partial charge in [-0.3, -0.25) is 9.36 Å². The van der Waals surface area contributed by atoms with Crippen molar-refractivity contribution in [1.82, 2.24) is 4.57 Å². The Hall–Kier alpha value is -3.37. The van der Waals surface area contributed by atoms with E-state index in [9.17, 15) is 9.59 Å². The molecule has 0 N–H and O–H groups in total. The first-order valence-electron chi connectivity index (χ1n) is 10.9. The summed E-state index contributed by atoms with van der Waals surface area (Å²) < 4.78 is 23.8. The molecule has 0 spiro atoms. The van der Waals surface area contributed by atoms with Crippen molar-refractivity contribution < 1.29 is 23.7 Å². The number of thiophene rings is 1. The van der Waals surface area contributed by atoms with Crippen LogP contribution in [0.2, 0.25) is 0 Å². The molecule has 4 rings (SSSR count). The van der Waals surface area contributed by atoms with Gasteiger partial charge < -0.3 is 18.9 Å². The fraction of sp³-hybridized carbons (Fsp3) is 0.320. The molecular formula is C25H26N2O6S2. The number of hydrogen-bond donors (Lipinski definition) is 0. The van der Waals surface area contributed by atoms with Crippen molar-refractivity contribution in [2.45, 2.75) is 32.9 Å². The lowest BCUT2D eigenvalue weighted by molar-refractivity contribution is -0.143. The maximum Gasteiger partial charge on any atom is 0.338 e. The standard InChI is InChI=1S/C25H26N2O6S2/c1-13(2)33-24(29)20-14(3)26-25-27(21(20)18-8-7-9-34-18)23(28)19(35-25)12-15-10-16(30-4)22(32-6)17(11-15)31-5/h7-13,21H,1-6H3/b19-12-/t21-/m0/s1. The van der Waals surface area contributed by atoms with Gasteiger partial charge in [0.05, 0.1) is 43.2 Å². The zero-order valence-corrected chi connectivity index (χ0v) is 21.9. The highest BCUT2D eigenvalue weighted by molar-refractivity contribution is 7.10. The third kappa shape index (κ3) is 4.63. The molecule has 1 atom stereocenters. The number of hydrogen-bond acceptors (Lipinski definition) is 9. The number of ether oxygens (including phenoxy) is 4. The monoisotopic (exact) mass is 514 g/mol. The molecule has 0 radical (unpaired) electrons. The zero-order valence-electron chi connectivity index (χ0n) is 20.3. The van der Waals surface area contributed by atoms with Gasteiger partial charge in [-0.1, -0.05) is 17.4 Å². The average molecular weight is 515 g/mol. The van der Waals surface area contributed by atoms with E-state index in [1.54, 1.807) is 43.5 Å². The smallest absolute Gasteiger partial charge is 0.338 e. The maximum atomic E-state index is 13.7. The Bertz CT molecular complexity index is 1440. The first-order valence-corrected chi connectivity index (χ1v) is 12.6. The second kappa shape index (κ2) is 10.1. The molecule has 35 heavy (non-hydrogen) atoms. The van der Waals surface area contributed by atoms with E-state index in [4.69, 9.17) is 18.9 Å². The minimum atomic E-state index is -0.611. The molecule has 1 aromatic carbocycles. The van der Waals surface area contributed by atoms with E-state index in [1.165, 1.54) is 44.0 Å². The number of benzene rings is 1. The molecule has 10 heteroatoms. The molecule has 0 saturated heterocycles. The molecule has 0 aliphatic carbocycles. The highest BCUT2D eigenvalue weighted by atomic mass is 32.1. The summed E-state index contributed by atoms with van der Waals surface area (Å²) in [5, 5.41) is 1.92. The van der Waals surface area contributed by atoms with Crippen molar-refractivity contribution in [3.63, 3.8) is 0 Å². The summed E-state index contributed by atoms with van der Waals surface area (Å²) in [6, 6.07) is 6.74. The maximum absolute atomic E-state index is 13.7. The summed E-state index contributed by atoms with van der Waals surface area (Å²) in [6.07, 6.45) is 1.46. The topological polar surface area (TPSA) is 88.4 Å². The van der Waals surface area contributed by atoms with Gasteiger partial charge in [0.2, 0.25) is 5.75 Å². The van der Waals surface area contributed by atoms with E-state index < -0.39 is 12.0 Å². The Balaban J connectivity index is 1.91. The highest BCUT2D eigenvalue weighted by Gasteiger charge is 2.34. The van der Waals surface area contributed by atoms with Crippen LogP contribution in [0.5, 0.6) is 17.2 Å². The van der Waals surface area contributed by atoms with Gasteiger partial charge in [-0.2, -0.15) is 0 Å². The van der Waals surface area contributed by atoms with Crippen LogP contribution in [0.4, 0.5) is 0 Å². The minimum absolute atomic E-state index is 0.247. The molecule has 184 valence electrons. The summed E-state index contributed by atoms with van der Waals surface area (Å²) in [5.41, 5.74) is 1.36. The molecule has 1 aliphatic rings. The fourth-order valence-electron chi connectivity index (χ4n) is 3.91. The minimum Gasteiger partial charge on any atom is -0.493 e. The number of aromatic nitrogens is 1. The second-order valence-electron chi connectivity index (χ2n) is 8.01. The zero-order chi connectivity index (χ0) is 25.3. The van der Waals surface area contributed by atoms with Gasteiger partial charge in [0.1, 0.15) is 6.04 Å². The van der Waals surface area contributed by atoms with Crippen LogP contribution in [0.25, 0.3) is 6.08 Å². The van der Waals surface area contributed by atoms with Crippen molar-refractivity contribution >= 4 is 34.7 Å². The van der Waals surface area contributed by atoms with Crippen molar-refractivity contribution in [3.8, 4) is 17.2 Å². The normalized spacial score (nSPS) is 15.6. The van der Waals surface area contributed by atoms with Gasteiger partial charge in [0.25, 0.3) is 5.56 Å². The van der Waals surface area contributed by atoms with Crippen molar-refractivity contribution in [2.24, 2.45) is 4.99 Å². The van der Waals surface area contributed by atoms with Crippen LogP contribution in [0.1, 0.15) is 37.3 Å². The lowest BCUT2D eigenvalue weighted by Gasteiger charge is -2.24. The summed E-state index contributed by atoms with van der Waals surface area (Å²) in [5.74, 6) is 0.961. The van der Waals surface area contributed by atoms with Crippen LogP contribution in [0.3, 0.4) is 0 Å². The summed E-state index contributed by atoms with van der Waals surface area (Å²) in [6.45, 7) is 5.36. The molecule has 0 amide bonds. The van der Waals surface area contributed by atoms with Crippen LogP contribution >= 0.6 is 22.7 Å². The Labute approximate surface area is 210 Å². The van der Waals surface area contributed by atoms with Gasteiger partial charge in [0, 0.05) is 4.88 Å². The molecule has 1 aliphatic heterocycles. The predicted molar refractivity (Wildman–Crippen MR) is 135 cm³/mol. The molecule has 0 fully saturated rings.